The Hall–Kier alpha value is -2.20. The van der Waals surface area contributed by atoms with Crippen LogP contribution in [0.15, 0.2) is 46.9 Å². The molecular weight excluding hydrogens is 515 g/mol. The third-order valence-corrected chi connectivity index (χ3v) is 5.60. The molecule has 7 nitrogen and oxygen atoms in total. The van der Waals surface area contributed by atoms with Gasteiger partial charge >= 0.3 is 0 Å². The Labute approximate surface area is 194 Å². The van der Waals surface area contributed by atoms with Gasteiger partial charge < -0.3 is 10.1 Å². The van der Waals surface area contributed by atoms with Crippen molar-refractivity contribution >= 4 is 67.4 Å². The number of ether oxygens (including phenoxy) is 1. The van der Waals surface area contributed by atoms with Crippen LogP contribution in [-0.4, -0.2) is 35.2 Å². The van der Waals surface area contributed by atoms with Gasteiger partial charge in [0, 0.05) is 28.0 Å². The molecule has 3 aromatic rings. The fourth-order valence-corrected chi connectivity index (χ4v) is 3.93. The predicted molar refractivity (Wildman–Crippen MR) is 121 cm³/mol. The van der Waals surface area contributed by atoms with Crippen LogP contribution in [0.1, 0.15) is 15.4 Å². The van der Waals surface area contributed by atoms with E-state index in [9.17, 15) is 9.59 Å². The van der Waals surface area contributed by atoms with E-state index in [1.54, 1.807) is 30.3 Å². The number of nitrogens with one attached hydrogen (secondary N) is 2. The van der Waals surface area contributed by atoms with Crippen molar-refractivity contribution in [3.05, 3.63) is 67.6 Å². The van der Waals surface area contributed by atoms with E-state index in [1.165, 1.54) is 17.4 Å². The molecule has 2 aromatic carbocycles. The zero-order valence-electron chi connectivity index (χ0n) is 15.3. The van der Waals surface area contributed by atoms with Crippen LogP contribution < -0.4 is 15.4 Å². The van der Waals surface area contributed by atoms with Crippen molar-refractivity contribution in [2.45, 2.75) is 6.42 Å². The zero-order chi connectivity index (χ0) is 21.5. The molecule has 0 fully saturated rings. The van der Waals surface area contributed by atoms with Crippen molar-refractivity contribution in [2.75, 3.05) is 18.5 Å². The maximum absolute atomic E-state index is 12.1. The van der Waals surface area contributed by atoms with Crippen molar-refractivity contribution < 1.29 is 14.3 Å². The van der Waals surface area contributed by atoms with E-state index in [1.807, 2.05) is 6.07 Å². The van der Waals surface area contributed by atoms with E-state index < -0.39 is 5.91 Å². The molecule has 0 unspecified atom stereocenters. The van der Waals surface area contributed by atoms with Gasteiger partial charge in [0.05, 0.1) is 5.02 Å². The molecule has 0 atom stereocenters. The molecule has 3 rings (SSSR count). The highest BCUT2D eigenvalue weighted by molar-refractivity contribution is 9.10. The molecule has 0 aliphatic carbocycles. The van der Waals surface area contributed by atoms with E-state index in [0.29, 0.717) is 44.5 Å². The topological polar surface area (TPSA) is 93.2 Å². The highest BCUT2D eigenvalue weighted by Crippen LogP contribution is 2.27. The first-order valence-electron chi connectivity index (χ1n) is 8.64. The number of halogens is 3. The minimum Gasteiger partial charge on any atom is -0.482 e. The molecule has 2 amide bonds. The van der Waals surface area contributed by atoms with E-state index >= 15 is 0 Å². The fourth-order valence-electron chi connectivity index (χ4n) is 2.31. The maximum atomic E-state index is 12.1. The molecule has 11 heteroatoms. The van der Waals surface area contributed by atoms with Crippen molar-refractivity contribution in [2.24, 2.45) is 0 Å². The van der Waals surface area contributed by atoms with Gasteiger partial charge in [0.15, 0.2) is 6.61 Å². The first kappa shape index (κ1) is 22.5. The second-order valence-electron chi connectivity index (χ2n) is 5.93. The van der Waals surface area contributed by atoms with Gasteiger partial charge in [-0.05, 0) is 36.4 Å². The molecule has 0 spiro atoms. The number of hydrogen-bond acceptors (Lipinski definition) is 6. The van der Waals surface area contributed by atoms with Gasteiger partial charge in [0.2, 0.25) is 5.13 Å². The lowest BCUT2D eigenvalue weighted by Gasteiger charge is -2.07. The number of aromatic nitrogens is 2. The van der Waals surface area contributed by atoms with Crippen molar-refractivity contribution in [1.29, 1.82) is 0 Å². The Bertz CT molecular complexity index is 1060. The lowest BCUT2D eigenvalue weighted by molar-refractivity contribution is -0.118. The Morgan fingerprint density at radius 2 is 1.97 bits per heavy atom. The normalized spacial score (nSPS) is 10.5. The largest absolute Gasteiger partial charge is 0.482 e. The summed E-state index contributed by atoms with van der Waals surface area (Å²) >= 11 is 16.4. The molecule has 0 aliphatic heterocycles. The number of carbonyl (C=O) groups is 2. The third-order valence-electron chi connectivity index (χ3n) is 3.68. The van der Waals surface area contributed by atoms with Crippen LogP contribution in [0, 0.1) is 0 Å². The quantitative estimate of drug-likeness (QED) is 0.445. The number of hydrogen-bond donors (Lipinski definition) is 2. The van der Waals surface area contributed by atoms with Crippen LogP contribution in [0.4, 0.5) is 5.13 Å². The molecule has 156 valence electrons. The summed E-state index contributed by atoms with van der Waals surface area (Å²) in [7, 11) is 0. The summed E-state index contributed by atoms with van der Waals surface area (Å²) in [5, 5.41) is 15.2. The average Bonchev–Trinajstić information content (AvgIpc) is 3.14. The Morgan fingerprint density at radius 1 is 1.13 bits per heavy atom. The van der Waals surface area contributed by atoms with Crippen molar-refractivity contribution in [3.63, 3.8) is 0 Å². The minimum atomic E-state index is -0.397. The van der Waals surface area contributed by atoms with Crippen LogP contribution >= 0.6 is 50.5 Å². The second-order valence-corrected chi connectivity index (χ2v) is 8.75. The first-order chi connectivity index (χ1) is 14.4. The van der Waals surface area contributed by atoms with Crippen LogP contribution in [0.25, 0.3) is 0 Å². The van der Waals surface area contributed by atoms with Gasteiger partial charge in [-0.1, -0.05) is 56.5 Å². The molecule has 0 saturated heterocycles. The van der Waals surface area contributed by atoms with Gasteiger partial charge in [0.1, 0.15) is 10.8 Å². The number of anilines is 1. The standard InChI is InChI=1S/C19H15BrCl2N4O3S/c20-12-3-1-2-11(8-12)18(28)23-7-6-17-25-26-19(30-17)24-16(27)10-29-15-5-4-13(21)9-14(15)22/h1-5,8-9H,6-7,10H2,(H,23,28)(H,24,26,27). The predicted octanol–water partition coefficient (Wildman–Crippen LogP) is 4.60. The van der Waals surface area contributed by atoms with Crippen molar-refractivity contribution in [3.8, 4) is 5.75 Å². The number of rotatable bonds is 8. The van der Waals surface area contributed by atoms with Crippen LogP contribution in [0.3, 0.4) is 0 Å². The van der Waals surface area contributed by atoms with Gasteiger partial charge in [-0.25, -0.2) is 0 Å². The molecule has 0 saturated carbocycles. The summed E-state index contributed by atoms with van der Waals surface area (Å²) in [4.78, 5) is 24.2. The zero-order valence-corrected chi connectivity index (χ0v) is 19.2. The van der Waals surface area contributed by atoms with E-state index in [2.05, 4.69) is 36.8 Å². The van der Waals surface area contributed by atoms with Gasteiger partial charge in [-0.3, -0.25) is 14.9 Å². The van der Waals surface area contributed by atoms with E-state index in [0.717, 1.165) is 4.47 Å². The maximum Gasteiger partial charge on any atom is 0.264 e. The summed E-state index contributed by atoms with van der Waals surface area (Å²) in [6.07, 6.45) is 0.490. The average molecular weight is 530 g/mol. The molecule has 0 radical (unpaired) electrons. The summed E-state index contributed by atoms with van der Waals surface area (Å²) in [6.45, 7) is 0.158. The lowest BCUT2D eigenvalue weighted by Crippen LogP contribution is -2.25. The number of benzene rings is 2. The third kappa shape index (κ3) is 6.66. The highest BCUT2D eigenvalue weighted by atomic mass is 79.9. The first-order valence-corrected chi connectivity index (χ1v) is 11.0. The van der Waals surface area contributed by atoms with Gasteiger partial charge in [0.25, 0.3) is 11.8 Å². The molecule has 2 N–H and O–H groups in total. The lowest BCUT2D eigenvalue weighted by atomic mass is 10.2. The fraction of sp³-hybridized carbons (Fsp3) is 0.158. The SMILES string of the molecule is O=C(COc1ccc(Cl)cc1Cl)Nc1nnc(CCNC(=O)c2cccc(Br)c2)s1. The van der Waals surface area contributed by atoms with Gasteiger partial charge in [-0.2, -0.15) is 0 Å². The Morgan fingerprint density at radius 3 is 2.73 bits per heavy atom. The minimum absolute atomic E-state index is 0.174. The van der Waals surface area contributed by atoms with Crippen LogP contribution in [-0.2, 0) is 11.2 Å². The molecule has 0 bridgehead atoms. The van der Waals surface area contributed by atoms with Crippen LogP contribution in [0.2, 0.25) is 10.0 Å². The second kappa shape index (κ2) is 10.7. The highest BCUT2D eigenvalue weighted by Gasteiger charge is 2.11. The monoisotopic (exact) mass is 528 g/mol. The van der Waals surface area contributed by atoms with Crippen molar-refractivity contribution in [1.82, 2.24) is 15.5 Å². The molecular formula is C19H15BrCl2N4O3S. The summed E-state index contributed by atoms with van der Waals surface area (Å²) in [6, 6.07) is 11.9. The number of amides is 2. The number of carbonyl (C=O) groups excluding carboxylic acids is 2. The number of nitrogens with zero attached hydrogens (tertiary/aromatic N) is 2. The Balaban J connectivity index is 1.43. The van der Waals surface area contributed by atoms with Crippen LogP contribution in [0.5, 0.6) is 5.75 Å². The van der Waals surface area contributed by atoms with E-state index in [-0.39, 0.29) is 12.5 Å². The molecule has 30 heavy (non-hydrogen) atoms. The Kier molecular flexibility index (Phi) is 8.03. The summed E-state index contributed by atoms with van der Waals surface area (Å²) < 4.78 is 6.21. The molecule has 1 aromatic heterocycles. The van der Waals surface area contributed by atoms with E-state index in [4.69, 9.17) is 27.9 Å². The molecule has 0 aliphatic rings. The molecule has 1 heterocycles. The summed E-state index contributed by atoms with van der Waals surface area (Å²) in [5.41, 5.74) is 0.565. The smallest absolute Gasteiger partial charge is 0.264 e. The summed E-state index contributed by atoms with van der Waals surface area (Å²) in [5.74, 6) is -0.214. The van der Waals surface area contributed by atoms with Gasteiger partial charge in [-0.15, -0.1) is 10.2 Å².